The molecule has 1 rings (SSSR count). The molecule has 0 aromatic heterocycles. The average Bonchev–Trinajstić information content (AvgIpc) is 2.17. The zero-order valence-electron chi connectivity index (χ0n) is 4.72. The second-order valence-corrected chi connectivity index (χ2v) is 2.29. The van der Waals surface area contributed by atoms with Crippen LogP contribution in [0.25, 0.3) is 0 Å². The molecule has 0 N–H and O–H groups in total. The standard InChI is InChI=1S/C4H6O2S.Na/c5-7(6)3-4-1-2-4;/h3H,1-2H2,(H,5,6);/q;+1/p-1. The van der Waals surface area contributed by atoms with Crippen molar-refractivity contribution in [2.75, 3.05) is 0 Å². The Balaban J connectivity index is 0.000000490. The van der Waals surface area contributed by atoms with Crippen molar-refractivity contribution >= 4 is 11.1 Å². The van der Waals surface area contributed by atoms with Gasteiger partial charge in [-0.25, -0.2) is 0 Å². The van der Waals surface area contributed by atoms with E-state index in [9.17, 15) is 8.76 Å². The summed E-state index contributed by atoms with van der Waals surface area (Å²) in [6.45, 7) is 0. The molecular weight excluding hydrogens is 135 g/mol. The maximum atomic E-state index is 9.77. The maximum Gasteiger partial charge on any atom is 1.00 e. The van der Waals surface area contributed by atoms with E-state index in [2.05, 4.69) is 0 Å². The van der Waals surface area contributed by atoms with Crippen LogP contribution in [0.2, 0.25) is 0 Å². The fourth-order valence-corrected chi connectivity index (χ4v) is 0.834. The van der Waals surface area contributed by atoms with Crippen molar-refractivity contribution in [3.05, 3.63) is 11.0 Å². The van der Waals surface area contributed by atoms with Crippen molar-refractivity contribution < 1.29 is 38.3 Å². The predicted octanol–water partition coefficient (Wildman–Crippen LogP) is -2.45. The average molecular weight is 140 g/mol. The van der Waals surface area contributed by atoms with Gasteiger partial charge in [-0.15, -0.1) is 0 Å². The zero-order valence-corrected chi connectivity index (χ0v) is 7.53. The first-order valence-electron chi connectivity index (χ1n) is 2.06. The van der Waals surface area contributed by atoms with E-state index in [0.29, 0.717) is 0 Å². The van der Waals surface area contributed by atoms with E-state index >= 15 is 0 Å². The van der Waals surface area contributed by atoms with Crippen molar-refractivity contribution in [2.45, 2.75) is 12.8 Å². The van der Waals surface area contributed by atoms with Crippen LogP contribution in [-0.2, 0) is 11.1 Å². The third-order valence-corrected chi connectivity index (χ3v) is 1.33. The van der Waals surface area contributed by atoms with Gasteiger partial charge in [-0.05, 0) is 29.3 Å². The summed E-state index contributed by atoms with van der Waals surface area (Å²) in [6, 6.07) is 0. The fourth-order valence-electron chi connectivity index (χ4n) is 0.326. The molecule has 4 heteroatoms. The third kappa shape index (κ3) is 3.80. The van der Waals surface area contributed by atoms with Crippen molar-refractivity contribution in [1.82, 2.24) is 0 Å². The normalized spacial score (nSPS) is 18.9. The molecule has 1 saturated carbocycles. The first kappa shape index (κ1) is 8.85. The molecular formula is C4H5NaO2S. The quantitative estimate of drug-likeness (QED) is 0.299. The summed E-state index contributed by atoms with van der Waals surface area (Å²) >= 11 is -1.95. The van der Waals surface area contributed by atoms with E-state index in [4.69, 9.17) is 0 Å². The number of hydrogen-bond acceptors (Lipinski definition) is 2. The Morgan fingerprint density at radius 2 is 2.12 bits per heavy atom. The van der Waals surface area contributed by atoms with Crippen molar-refractivity contribution in [3.63, 3.8) is 0 Å². The van der Waals surface area contributed by atoms with Gasteiger partial charge in [0.2, 0.25) is 0 Å². The minimum atomic E-state index is -1.95. The third-order valence-electron chi connectivity index (χ3n) is 0.802. The molecule has 0 bridgehead atoms. The SMILES string of the molecule is O=S([O-])C=C1CC1.[Na+]. The Morgan fingerprint density at radius 1 is 1.62 bits per heavy atom. The summed E-state index contributed by atoms with van der Waals surface area (Å²) in [5.41, 5.74) is 1.05. The molecule has 2 nitrogen and oxygen atoms in total. The number of allylic oxidation sites excluding steroid dienone is 1. The van der Waals surface area contributed by atoms with Gasteiger partial charge in [0.05, 0.1) is 0 Å². The molecule has 0 spiro atoms. The van der Waals surface area contributed by atoms with Gasteiger partial charge in [-0.3, -0.25) is 4.21 Å². The van der Waals surface area contributed by atoms with E-state index in [-0.39, 0.29) is 29.6 Å². The minimum Gasteiger partial charge on any atom is -0.769 e. The molecule has 1 aliphatic rings. The fraction of sp³-hybridized carbons (Fsp3) is 0.500. The molecule has 0 aromatic carbocycles. The molecule has 1 unspecified atom stereocenters. The van der Waals surface area contributed by atoms with Crippen molar-refractivity contribution in [1.29, 1.82) is 0 Å². The largest absolute Gasteiger partial charge is 1.00 e. The monoisotopic (exact) mass is 140 g/mol. The Bertz CT molecular complexity index is 126. The molecule has 0 radical (unpaired) electrons. The van der Waals surface area contributed by atoms with E-state index in [1.165, 1.54) is 5.41 Å². The summed E-state index contributed by atoms with van der Waals surface area (Å²) < 4.78 is 19.5. The Labute approximate surface area is 72.9 Å². The summed E-state index contributed by atoms with van der Waals surface area (Å²) in [5.74, 6) is 0. The first-order chi connectivity index (χ1) is 3.29. The van der Waals surface area contributed by atoms with E-state index in [1.807, 2.05) is 0 Å². The topological polar surface area (TPSA) is 40.1 Å². The molecule has 1 atom stereocenters. The summed E-state index contributed by atoms with van der Waals surface area (Å²) in [6.07, 6.45) is 1.96. The number of hydrogen-bond donors (Lipinski definition) is 0. The van der Waals surface area contributed by atoms with Crippen LogP contribution < -0.4 is 29.6 Å². The Kier molecular flexibility index (Phi) is 4.20. The van der Waals surface area contributed by atoms with Crippen LogP contribution in [0, 0.1) is 0 Å². The van der Waals surface area contributed by atoms with Gasteiger partial charge in [0.1, 0.15) is 0 Å². The van der Waals surface area contributed by atoms with Crippen LogP contribution in [-0.4, -0.2) is 8.76 Å². The Hall–Kier alpha value is 0.850. The molecule has 0 aliphatic heterocycles. The second kappa shape index (κ2) is 3.80. The summed E-state index contributed by atoms with van der Waals surface area (Å²) in [5, 5.41) is 1.28. The van der Waals surface area contributed by atoms with Crippen molar-refractivity contribution in [3.8, 4) is 0 Å². The minimum absolute atomic E-state index is 0. The van der Waals surface area contributed by atoms with Gasteiger partial charge in [0.15, 0.2) is 0 Å². The van der Waals surface area contributed by atoms with Gasteiger partial charge in [0, 0.05) is 0 Å². The first-order valence-corrected chi connectivity index (χ1v) is 3.20. The second-order valence-electron chi connectivity index (χ2n) is 1.54. The van der Waals surface area contributed by atoms with Crippen LogP contribution in [0.15, 0.2) is 11.0 Å². The van der Waals surface area contributed by atoms with Gasteiger partial charge in [-0.2, -0.15) is 0 Å². The molecule has 0 heterocycles. The predicted molar refractivity (Wildman–Crippen MR) is 26.2 cm³/mol. The number of rotatable bonds is 1. The smallest absolute Gasteiger partial charge is 0.769 e. The summed E-state index contributed by atoms with van der Waals surface area (Å²) in [7, 11) is 0. The van der Waals surface area contributed by atoms with Crippen LogP contribution in [0.1, 0.15) is 12.8 Å². The Morgan fingerprint density at radius 3 is 2.25 bits per heavy atom. The van der Waals surface area contributed by atoms with E-state index in [1.54, 1.807) is 0 Å². The molecule has 1 fully saturated rings. The molecule has 0 amide bonds. The van der Waals surface area contributed by atoms with E-state index in [0.717, 1.165) is 18.4 Å². The van der Waals surface area contributed by atoms with Crippen LogP contribution in [0.4, 0.5) is 0 Å². The maximum absolute atomic E-state index is 9.77. The molecule has 0 saturated heterocycles. The van der Waals surface area contributed by atoms with Crippen LogP contribution in [0.5, 0.6) is 0 Å². The molecule has 0 aromatic rings. The van der Waals surface area contributed by atoms with Crippen LogP contribution in [0.3, 0.4) is 0 Å². The molecule has 1 aliphatic carbocycles. The van der Waals surface area contributed by atoms with Gasteiger partial charge < -0.3 is 4.55 Å². The molecule has 40 valence electrons. The van der Waals surface area contributed by atoms with Crippen LogP contribution >= 0.6 is 0 Å². The zero-order chi connectivity index (χ0) is 5.28. The van der Waals surface area contributed by atoms with Gasteiger partial charge in [0.25, 0.3) is 0 Å². The summed E-state index contributed by atoms with van der Waals surface area (Å²) in [4.78, 5) is 0. The van der Waals surface area contributed by atoms with Gasteiger partial charge >= 0.3 is 29.6 Å². The van der Waals surface area contributed by atoms with E-state index < -0.39 is 11.1 Å². The van der Waals surface area contributed by atoms with Crippen molar-refractivity contribution in [2.24, 2.45) is 0 Å². The molecule has 8 heavy (non-hydrogen) atoms. The van der Waals surface area contributed by atoms with Gasteiger partial charge in [-0.1, -0.05) is 5.57 Å².